The second kappa shape index (κ2) is 3.39. The average molecular weight is 184 g/mol. The molecule has 2 N–H and O–H groups in total. The lowest BCUT2D eigenvalue weighted by Crippen LogP contribution is -2.30. The average Bonchev–Trinajstić information content (AvgIpc) is 2.32. The van der Waals surface area contributed by atoms with Gasteiger partial charge >= 0.3 is 7.32 Å². The Bertz CT molecular complexity index is 280. The molecule has 1 aromatic heterocycles. The van der Waals surface area contributed by atoms with Gasteiger partial charge in [0.2, 0.25) is 0 Å². The van der Waals surface area contributed by atoms with E-state index in [0.717, 1.165) is 10.5 Å². The molecule has 0 saturated carbocycles. The smallest absolute Gasteiger partial charge is 0.405 e. The van der Waals surface area contributed by atoms with Gasteiger partial charge in [-0.2, -0.15) is 0 Å². The van der Waals surface area contributed by atoms with E-state index in [4.69, 9.17) is 10.0 Å². The Morgan fingerprint density at radius 2 is 2.08 bits per heavy atom. The molecular formula is C7H13BN2O3. The van der Waals surface area contributed by atoms with Gasteiger partial charge in [-0.3, -0.25) is 0 Å². The van der Waals surface area contributed by atoms with Gasteiger partial charge in [-0.15, -0.1) is 9.94 Å². The van der Waals surface area contributed by atoms with E-state index in [1.807, 2.05) is 20.8 Å². The molecule has 0 radical (unpaired) electrons. The quantitative estimate of drug-likeness (QED) is 0.612. The Morgan fingerprint density at radius 1 is 1.46 bits per heavy atom. The van der Waals surface area contributed by atoms with E-state index in [9.17, 15) is 0 Å². The first-order valence-electron chi connectivity index (χ1n) is 3.99. The molecule has 0 fully saturated rings. The molecule has 0 aliphatic carbocycles. The van der Waals surface area contributed by atoms with Crippen LogP contribution in [-0.2, 0) is 5.41 Å². The summed E-state index contributed by atoms with van der Waals surface area (Å²) in [6.45, 7) is 6.03. The monoisotopic (exact) mass is 184 g/mol. The fraction of sp³-hybridized carbons (Fsp3) is 0.571. The van der Waals surface area contributed by atoms with E-state index >= 15 is 0 Å². The van der Waals surface area contributed by atoms with Gasteiger partial charge in [0.1, 0.15) is 0 Å². The van der Waals surface area contributed by atoms with Crippen LogP contribution in [0.2, 0.25) is 0 Å². The van der Waals surface area contributed by atoms with E-state index in [0.29, 0.717) is 0 Å². The second-order valence-corrected chi connectivity index (χ2v) is 3.79. The molecule has 13 heavy (non-hydrogen) atoms. The minimum Gasteiger partial charge on any atom is -0.405 e. The molecule has 0 amide bonds. The Kier molecular flexibility index (Phi) is 2.63. The highest BCUT2D eigenvalue weighted by atomic mass is 16.7. The molecule has 72 valence electrons. The van der Waals surface area contributed by atoms with Crippen LogP contribution in [0.5, 0.6) is 0 Å². The summed E-state index contributed by atoms with van der Waals surface area (Å²) in [6, 6.07) is 1.77. The Morgan fingerprint density at radius 3 is 2.46 bits per heavy atom. The highest BCUT2D eigenvalue weighted by Gasteiger charge is 2.18. The molecule has 0 aromatic carbocycles. The van der Waals surface area contributed by atoms with Crippen LogP contribution in [0.25, 0.3) is 0 Å². The summed E-state index contributed by atoms with van der Waals surface area (Å²) in [5, 5.41) is 21.0. The molecule has 0 bridgehead atoms. The molecule has 0 aliphatic heterocycles. The molecule has 0 spiro atoms. The van der Waals surface area contributed by atoms with E-state index in [2.05, 4.69) is 9.85 Å². The van der Waals surface area contributed by atoms with Crippen LogP contribution in [0.1, 0.15) is 26.5 Å². The Hall–Kier alpha value is -1.01. The Balaban J connectivity index is 2.75. The van der Waals surface area contributed by atoms with Crippen molar-refractivity contribution in [1.82, 2.24) is 9.94 Å². The minimum absolute atomic E-state index is 0.0744. The maximum atomic E-state index is 8.49. The zero-order valence-corrected chi connectivity index (χ0v) is 7.93. The zero-order chi connectivity index (χ0) is 10.1. The summed E-state index contributed by atoms with van der Waals surface area (Å²) in [5.41, 5.74) is 0.753. The zero-order valence-electron chi connectivity index (χ0n) is 7.93. The number of aromatic nitrogens is 2. The largest absolute Gasteiger partial charge is 0.729 e. The maximum absolute atomic E-state index is 8.49. The predicted molar refractivity (Wildman–Crippen MR) is 47.7 cm³/mol. The first-order valence-corrected chi connectivity index (χ1v) is 3.99. The first kappa shape index (κ1) is 10.1. The number of hydrogen-bond donors (Lipinski definition) is 2. The maximum Gasteiger partial charge on any atom is 0.729 e. The molecule has 0 aliphatic rings. The van der Waals surface area contributed by atoms with Crippen molar-refractivity contribution in [2.75, 3.05) is 0 Å². The third kappa shape index (κ3) is 2.75. The molecule has 0 saturated heterocycles. The van der Waals surface area contributed by atoms with Crippen molar-refractivity contribution in [2.45, 2.75) is 26.2 Å². The van der Waals surface area contributed by atoms with Gasteiger partial charge < -0.3 is 14.8 Å². The second-order valence-electron chi connectivity index (χ2n) is 3.79. The van der Waals surface area contributed by atoms with E-state index in [1.165, 1.54) is 6.20 Å². The van der Waals surface area contributed by atoms with Crippen molar-refractivity contribution < 1.29 is 14.8 Å². The van der Waals surface area contributed by atoms with Crippen LogP contribution in [0, 0.1) is 0 Å². The fourth-order valence-electron chi connectivity index (χ4n) is 0.863. The third-order valence-corrected chi connectivity index (χ3v) is 1.54. The lowest BCUT2D eigenvalue weighted by molar-refractivity contribution is 0.139. The third-order valence-electron chi connectivity index (χ3n) is 1.54. The van der Waals surface area contributed by atoms with Gasteiger partial charge in [0.05, 0.1) is 11.9 Å². The van der Waals surface area contributed by atoms with Crippen molar-refractivity contribution in [1.29, 1.82) is 0 Å². The Labute approximate surface area is 77.1 Å². The SMILES string of the molecule is CC(C)(C)c1ccn(OB(O)O)n1. The van der Waals surface area contributed by atoms with Gasteiger partial charge in [-0.1, -0.05) is 20.8 Å². The summed E-state index contributed by atoms with van der Waals surface area (Å²) in [5.74, 6) is 0. The first-order chi connectivity index (χ1) is 5.89. The van der Waals surface area contributed by atoms with Gasteiger partial charge in [0.15, 0.2) is 0 Å². The van der Waals surface area contributed by atoms with Crippen LogP contribution in [0.4, 0.5) is 0 Å². The lowest BCUT2D eigenvalue weighted by atomic mass is 9.93. The van der Waals surface area contributed by atoms with Gasteiger partial charge in [-0.25, -0.2) is 0 Å². The van der Waals surface area contributed by atoms with Crippen LogP contribution >= 0.6 is 0 Å². The van der Waals surface area contributed by atoms with Gasteiger partial charge in [0.25, 0.3) is 0 Å². The standard InChI is InChI=1S/C7H13BN2O3/c1-7(2,3)6-4-5-10(9-6)13-8(11)12/h4-5,11-12H,1-3H3. The number of nitrogens with zero attached hydrogens (tertiary/aromatic N) is 2. The summed E-state index contributed by atoms with van der Waals surface area (Å²) in [6.07, 6.45) is 1.53. The van der Waals surface area contributed by atoms with Crippen molar-refractivity contribution >= 4 is 7.32 Å². The normalized spacial score (nSPS) is 11.5. The highest BCUT2D eigenvalue weighted by Crippen LogP contribution is 2.18. The summed E-state index contributed by atoms with van der Waals surface area (Å²) in [7, 11) is -1.84. The van der Waals surface area contributed by atoms with Crippen LogP contribution in [0.3, 0.4) is 0 Å². The molecule has 1 aromatic rings. The molecule has 1 rings (SSSR count). The summed E-state index contributed by atoms with van der Waals surface area (Å²) in [4.78, 5) is 1.03. The van der Waals surface area contributed by atoms with Crippen LogP contribution in [0.15, 0.2) is 12.3 Å². The van der Waals surface area contributed by atoms with Gasteiger partial charge in [0, 0.05) is 5.41 Å². The van der Waals surface area contributed by atoms with Crippen LogP contribution in [-0.4, -0.2) is 27.3 Å². The van der Waals surface area contributed by atoms with E-state index < -0.39 is 7.32 Å². The molecule has 5 nitrogen and oxygen atoms in total. The van der Waals surface area contributed by atoms with Crippen LogP contribution < -0.4 is 4.76 Å². The number of hydrogen-bond acceptors (Lipinski definition) is 4. The summed E-state index contributed by atoms with van der Waals surface area (Å²) >= 11 is 0. The molecule has 1 heterocycles. The topological polar surface area (TPSA) is 67.5 Å². The van der Waals surface area contributed by atoms with E-state index in [1.54, 1.807) is 6.07 Å². The molecular weight excluding hydrogens is 171 g/mol. The van der Waals surface area contributed by atoms with Gasteiger partial charge in [-0.05, 0) is 6.07 Å². The minimum atomic E-state index is -1.84. The highest BCUT2D eigenvalue weighted by molar-refractivity contribution is 6.32. The molecule has 0 atom stereocenters. The predicted octanol–water partition coefficient (Wildman–Crippen LogP) is -0.421. The van der Waals surface area contributed by atoms with Crippen molar-refractivity contribution in [3.05, 3.63) is 18.0 Å². The lowest BCUT2D eigenvalue weighted by Gasteiger charge is -2.14. The van der Waals surface area contributed by atoms with Crippen molar-refractivity contribution in [3.8, 4) is 0 Å². The molecule has 0 unspecified atom stereocenters. The van der Waals surface area contributed by atoms with E-state index in [-0.39, 0.29) is 5.41 Å². The van der Waals surface area contributed by atoms with Crippen molar-refractivity contribution in [3.63, 3.8) is 0 Å². The summed E-state index contributed by atoms with van der Waals surface area (Å²) < 4.78 is 4.51. The molecule has 6 heteroatoms. The van der Waals surface area contributed by atoms with Crippen molar-refractivity contribution in [2.24, 2.45) is 0 Å². The fourth-order valence-corrected chi connectivity index (χ4v) is 0.863. The number of rotatable bonds is 2.